The van der Waals surface area contributed by atoms with Gasteiger partial charge in [-0.1, -0.05) is 43.0 Å². The maximum atomic E-state index is 5.99. The van der Waals surface area contributed by atoms with Crippen molar-refractivity contribution in [2.24, 2.45) is 0 Å². The van der Waals surface area contributed by atoms with Gasteiger partial charge in [-0.3, -0.25) is 0 Å². The summed E-state index contributed by atoms with van der Waals surface area (Å²) in [4.78, 5) is 0. The van der Waals surface area contributed by atoms with Crippen LogP contribution in [0.25, 0.3) is 5.69 Å². The Hall–Kier alpha value is -0.800. The molecule has 2 nitrogen and oxygen atoms in total. The number of hydrogen-bond donors (Lipinski definition) is 0. The van der Waals surface area contributed by atoms with Crippen LogP contribution >= 0.6 is 27.5 Å². The molecule has 1 heterocycles. The first-order valence-electron chi connectivity index (χ1n) is 7.17. The van der Waals surface area contributed by atoms with Crippen molar-refractivity contribution < 1.29 is 0 Å². The normalized spacial score (nSPS) is 16.6. The van der Waals surface area contributed by atoms with Gasteiger partial charge >= 0.3 is 0 Å². The van der Waals surface area contributed by atoms with Gasteiger partial charge in [0.1, 0.15) is 4.60 Å². The highest BCUT2D eigenvalue weighted by Crippen LogP contribution is 2.34. The summed E-state index contributed by atoms with van der Waals surface area (Å²) in [5.74, 6) is 0.702. The van der Waals surface area contributed by atoms with Gasteiger partial charge in [0.05, 0.1) is 5.69 Å². The topological polar surface area (TPSA) is 17.8 Å². The lowest BCUT2D eigenvalue weighted by molar-refractivity contribution is 0.443. The third kappa shape index (κ3) is 2.79. The van der Waals surface area contributed by atoms with E-state index in [1.54, 1.807) is 0 Å². The second kappa shape index (κ2) is 5.90. The Morgan fingerprint density at radius 1 is 1.20 bits per heavy atom. The fraction of sp³-hybridized carbons (Fsp3) is 0.438. The predicted octanol–water partition coefficient (Wildman–Crippen LogP) is 5.64. The largest absolute Gasteiger partial charge is 0.225 e. The zero-order chi connectivity index (χ0) is 14.1. The summed E-state index contributed by atoms with van der Waals surface area (Å²) in [5, 5.41) is 4.88. The van der Waals surface area contributed by atoms with Crippen LogP contribution in [0.5, 0.6) is 0 Å². The summed E-state index contributed by atoms with van der Waals surface area (Å²) in [6.07, 6.45) is 6.71. The highest BCUT2D eigenvalue weighted by Gasteiger charge is 2.17. The van der Waals surface area contributed by atoms with Gasteiger partial charge in [0.15, 0.2) is 5.15 Å². The molecule has 0 N–H and O–H groups in total. The van der Waals surface area contributed by atoms with Crippen molar-refractivity contribution in [3.63, 3.8) is 0 Å². The van der Waals surface area contributed by atoms with E-state index >= 15 is 0 Å². The van der Waals surface area contributed by atoms with Gasteiger partial charge < -0.3 is 0 Å². The molecular formula is C16H18BrClN2. The Bertz CT molecular complexity index is 615. The first-order valence-corrected chi connectivity index (χ1v) is 8.34. The van der Waals surface area contributed by atoms with E-state index < -0.39 is 0 Å². The molecular weight excluding hydrogens is 336 g/mol. The Balaban J connectivity index is 2.00. The van der Waals surface area contributed by atoms with Gasteiger partial charge in [-0.15, -0.1) is 0 Å². The Morgan fingerprint density at radius 3 is 2.60 bits per heavy atom. The smallest absolute Gasteiger partial charge is 0.152 e. The lowest BCUT2D eigenvalue weighted by Crippen LogP contribution is -2.07. The third-order valence-corrected chi connectivity index (χ3v) is 4.92. The summed E-state index contributed by atoms with van der Waals surface area (Å²) in [5.41, 5.74) is 3.76. The second-order valence-electron chi connectivity index (χ2n) is 5.58. The van der Waals surface area contributed by atoms with Crippen LogP contribution in [-0.2, 0) is 0 Å². The molecule has 1 aromatic carbocycles. The lowest BCUT2D eigenvalue weighted by atomic mass is 9.83. The Morgan fingerprint density at radius 2 is 1.95 bits per heavy atom. The summed E-state index contributed by atoms with van der Waals surface area (Å²) in [6.45, 7) is 2.11. The molecule has 0 aliphatic heterocycles. The van der Waals surface area contributed by atoms with E-state index in [0.29, 0.717) is 11.1 Å². The number of benzene rings is 1. The molecule has 20 heavy (non-hydrogen) atoms. The molecule has 1 saturated carbocycles. The van der Waals surface area contributed by atoms with Crippen LogP contribution in [0.3, 0.4) is 0 Å². The van der Waals surface area contributed by atoms with E-state index in [9.17, 15) is 0 Å². The monoisotopic (exact) mass is 352 g/mol. The van der Waals surface area contributed by atoms with E-state index in [1.807, 2.05) is 10.7 Å². The van der Waals surface area contributed by atoms with Gasteiger partial charge in [-0.25, -0.2) is 4.68 Å². The quantitative estimate of drug-likeness (QED) is 0.682. The molecule has 1 aliphatic carbocycles. The summed E-state index contributed by atoms with van der Waals surface area (Å²) in [7, 11) is 0. The number of halogens is 2. The van der Waals surface area contributed by atoms with Gasteiger partial charge in [0.25, 0.3) is 0 Å². The zero-order valence-electron chi connectivity index (χ0n) is 11.6. The fourth-order valence-electron chi connectivity index (χ4n) is 3.04. The van der Waals surface area contributed by atoms with Gasteiger partial charge in [0, 0.05) is 6.07 Å². The van der Waals surface area contributed by atoms with Crippen LogP contribution in [0.4, 0.5) is 0 Å². The standard InChI is InChI=1S/C16H18BrClN2/c1-11-7-8-13(12-5-3-2-4-6-12)9-14(11)20-15(17)10-16(18)19-20/h7-10,12H,2-6H2,1H3. The predicted molar refractivity (Wildman–Crippen MR) is 86.8 cm³/mol. The number of hydrogen-bond acceptors (Lipinski definition) is 1. The molecule has 2 aromatic rings. The number of aryl methyl sites for hydroxylation is 1. The van der Waals surface area contributed by atoms with Crippen molar-refractivity contribution >= 4 is 27.5 Å². The number of aromatic nitrogens is 2. The summed E-state index contributed by atoms with van der Waals surface area (Å²) in [6, 6.07) is 8.57. The minimum absolute atomic E-state index is 0.513. The van der Waals surface area contributed by atoms with Gasteiger partial charge in [0.2, 0.25) is 0 Å². The van der Waals surface area contributed by atoms with Crippen LogP contribution in [-0.4, -0.2) is 9.78 Å². The van der Waals surface area contributed by atoms with Crippen molar-refractivity contribution in [2.75, 3.05) is 0 Å². The van der Waals surface area contributed by atoms with Gasteiger partial charge in [-0.05, 0) is 58.8 Å². The maximum Gasteiger partial charge on any atom is 0.152 e. The van der Waals surface area contributed by atoms with Crippen LogP contribution in [0.15, 0.2) is 28.9 Å². The van der Waals surface area contributed by atoms with Crippen LogP contribution in [0.2, 0.25) is 5.15 Å². The Labute approximate surface area is 133 Å². The molecule has 4 heteroatoms. The first-order chi connectivity index (χ1) is 9.65. The van der Waals surface area contributed by atoms with Crippen LogP contribution in [0.1, 0.15) is 49.1 Å². The Kier molecular flexibility index (Phi) is 4.18. The molecule has 0 unspecified atom stereocenters. The lowest BCUT2D eigenvalue weighted by Gasteiger charge is -2.23. The minimum Gasteiger partial charge on any atom is -0.225 e. The molecule has 0 saturated heterocycles. The SMILES string of the molecule is Cc1ccc(C2CCCCC2)cc1-n1nc(Cl)cc1Br. The van der Waals surface area contributed by atoms with E-state index in [-0.39, 0.29) is 0 Å². The van der Waals surface area contributed by atoms with E-state index in [2.05, 4.69) is 46.2 Å². The molecule has 106 valence electrons. The zero-order valence-corrected chi connectivity index (χ0v) is 13.9. The molecule has 0 bridgehead atoms. The highest BCUT2D eigenvalue weighted by molar-refractivity contribution is 9.10. The van der Waals surface area contributed by atoms with Crippen molar-refractivity contribution in [2.45, 2.75) is 44.9 Å². The van der Waals surface area contributed by atoms with Crippen molar-refractivity contribution in [1.82, 2.24) is 9.78 Å². The average Bonchev–Trinajstić information content (AvgIpc) is 2.79. The molecule has 0 spiro atoms. The average molecular weight is 354 g/mol. The van der Waals surface area contributed by atoms with Gasteiger partial charge in [-0.2, -0.15) is 5.10 Å². The van der Waals surface area contributed by atoms with E-state index in [0.717, 1.165) is 10.3 Å². The second-order valence-corrected chi connectivity index (χ2v) is 6.78. The maximum absolute atomic E-state index is 5.99. The molecule has 3 rings (SSSR count). The van der Waals surface area contributed by atoms with Crippen molar-refractivity contribution in [3.8, 4) is 5.69 Å². The molecule has 0 radical (unpaired) electrons. The molecule has 1 aromatic heterocycles. The van der Waals surface area contributed by atoms with Crippen molar-refractivity contribution in [1.29, 1.82) is 0 Å². The molecule has 0 atom stereocenters. The summed E-state index contributed by atoms with van der Waals surface area (Å²) < 4.78 is 2.77. The fourth-order valence-corrected chi connectivity index (χ4v) is 3.84. The first kappa shape index (κ1) is 14.2. The third-order valence-electron chi connectivity index (χ3n) is 4.17. The van der Waals surface area contributed by atoms with Crippen molar-refractivity contribution in [3.05, 3.63) is 45.1 Å². The summed E-state index contributed by atoms with van der Waals surface area (Å²) >= 11 is 9.52. The number of rotatable bonds is 2. The van der Waals surface area contributed by atoms with Crippen LogP contribution in [0, 0.1) is 6.92 Å². The van der Waals surface area contributed by atoms with E-state index in [4.69, 9.17) is 11.6 Å². The minimum atomic E-state index is 0.513. The van der Waals surface area contributed by atoms with Crippen LogP contribution < -0.4 is 0 Å². The molecule has 1 aliphatic rings. The highest BCUT2D eigenvalue weighted by atomic mass is 79.9. The molecule has 0 amide bonds. The molecule has 1 fully saturated rings. The number of nitrogens with zero attached hydrogens (tertiary/aromatic N) is 2. The van der Waals surface area contributed by atoms with E-state index in [1.165, 1.54) is 43.2 Å².